The Morgan fingerprint density at radius 3 is 2.76 bits per heavy atom. The molecule has 148 valence electrons. The molecule has 1 aromatic heterocycles. The Kier molecular flexibility index (Phi) is 5.24. The standard InChI is InChI=1S/C20H14FNO6S/c21-15-3-1-12(2-4-15)17-5-6-18(29-17)20(23)27-10-14-8-16(22(24)25)7-13-9-26-11-28-19(13)14/h1-8H,9-11H2. The molecule has 0 atom stereocenters. The summed E-state index contributed by atoms with van der Waals surface area (Å²) in [6.07, 6.45) is 0. The highest BCUT2D eigenvalue weighted by Gasteiger charge is 2.22. The number of thiophene rings is 1. The van der Waals surface area contributed by atoms with Crippen molar-refractivity contribution in [2.75, 3.05) is 6.79 Å². The van der Waals surface area contributed by atoms with Crippen molar-refractivity contribution in [3.05, 3.63) is 80.5 Å². The third-order valence-corrected chi connectivity index (χ3v) is 5.39. The Bertz CT molecular complexity index is 1080. The fraction of sp³-hybridized carbons (Fsp3) is 0.150. The molecule has 4 rings (SSSR count). The zero-order valence-corrected chi connectivity index (χ0v) is 15.7. The van der Waals surface area contributed by atoms with Crippen LogP contribution in [0.2, 0.25) is 0 Å². The zero-order chi connectivity index (χ0) is 20.4. The number of carbonyl (C=O) groups is 1. The summed E-state index contributed by atoms with van der Waals surface area (Å²) in [7, 11) is 0. The summed E-state index contributed by atoms with van der Waals surface area (Å²) in [6, 6.07) is 12.0. The van der Waals surface area contributed by atoms with Gasteiger partial charge in [-0.05, 0) is 29.8 Å². The summed E-state index contributed by atoms with van der Waals surface area (Å²) >= 11 is 1.22. The van der Waals surface area contributed by atoms with E-state index in [0.29, 0.717) is 21.8 Å². The van der Waals surface area contributed by atoms with E-state index in [4.69, 9.17) is 14.2 Å². The summed E-state index contributed by atoms with van der Waals surface area (Å²) in [5, 5.41) is 11.2. The van der Waals surface area contributed by atoms with E-state index in [1.165, 1.54) is 35.6 Å². The lowest BCUT2D eigenvalue weighted by atomic mass is 10.1. The fourth-order valence-electron chi connectivity index (χ4n) is 2.92. The first-order chi connectivity index (χ1) is 14.0. The van der Waals surface area contributed by atoms with E-state index < -0.39 is 10.9 Å². The molecule has 9 heteroatoms. The molecule has 0 saturated heterocycles. The van der Waals surface area contributed by atoms with Gasteiger partial charge in [0.2, 0.25) is 0 Å². The van der Waals surface area contributed by atoms with Crippen molar-refractivity contribution < 1.29 is 28.3 Å². The SMILES string of the molecule is O=C(OCc1cc([N+](=O)[O-])cc2c1OCOC2)c1ccc(-c2ccc(F)cc2)s1. The second-order valence-corrected chi connectivity index (χ2v) is 7.29. The predicted molar refractivity (Wildman–Crippen MR) is 102 cm³/mol. The average molecular weight is 415 g/mol. The molecule has 0 bridgehead atoms. The number of benzene rings is 2. The summed E-state index contributed by atoms with van der Waals surface area (Å²) in [5.41, 5.74) is 1.60. The van der Waals surface area contributed by atoms with Crippen LogP contribution in [-0.2, 0) is 22.7 Å². The Labute approximate surface area is 168 Å². The molecular weight excluding hydrogens is 401 g/mol. The second-order valence-electron chi connectivity index (χ2n) is 6.21. The number of non-ortho nitro benzene ring substituents is 1. The van der Waals surface area contributed by atoms with Gasteiger partial charge in [0.15, 0.2) is 6.79 Å². The topological polar surface area (TPSA) is 87.9 Å². The van der Waals surface area contributed by atoms with Gasteiger partial charge in [-0.2, -0.15) is 0 Å². The van der Waals surface area contributed by atoms with Crippen LogP contribution in [-0.4, -0.2) is 17.7 Å². The molecule has 29 heavy (non-hydrogen) atoms. The fourth-order valence-corrected chi connectivity index (χ4v) is 3.83. The maximum atomic E-state index is 13.1. The van der Waals surface area contributed by atoms with Crippen LogP contribution in [0.3, 0.4) is 0 Å². The minimum absolute atomic E-state index is 0.0255. The van der Waals surface area contributed by atoms with Gasteiger partial charge in [0.1, 0.15) is 23.1 Å². The zero-order valence-electron chi connectivity index (χ0n) is 14.9. The molecule has 2 heterocycles. The highest BCUT2D eigenvalue weighted by Crippen LogP contribution is 2.34. The number of nitrogens with zero attached hydrogens (tertiary/aromatic N) is 1. The molecule has 0 fully saturated rings. The number of rotatable bonds is 5. The van der Waals surface area contributed by atoms with Crippen molar-refractivity contribution in [3.63, 3.8) is 0 Å². The Balaban J connectivity index is 1.51. The first-order valence-electron chi connectivity index (χ1n) is 8.55. The molecule has 7 nitrogen and oxygen atoms in total. The minimum atomic E-state index is -0.560. The van der Waals surface area contributed by atoms with Gasteiger partial charge in [-0.15, -0.1) is 11.3 Å². The molecule has 1 aliphatic rings. The van der Waals surface area contributed by atoms with Gasteiger partial charge < -0.3 is 14.2 Å². The van der Waals surface area contributed by atoms with Crippen LogP contribution in [0.4, 0.5) is 10.1 Å². The highest BCUT2D eigenvalue weighted by atomic mass is 32.1. The first kappa shape index (κ1) is 19.0. The second kappa shape index (κ2) is 7.98. The molecule has 0 spiro atoms. The van der Waals surface area contributed by atoms with E-state index in [2.05, 4.69) is 0 Å². The summed E-state index contributed by atoms with van der Waals surface area (Å²) in [5.74, 6) is -0.457. The molecule has 2 aromatic carbocycles. The van der Waals surface area contributed by atoms with Crippen LogP contribution in [0.15, 0.2) is 48.5 Å². The van der Waals surface area contributed by atoms with Crippen LogP contribution in [0.25, 0.3) is 10.4 Å². The lowest BCUT2D eigenvalue weighted by Gasteiger charge is -2.20. The molecule has 0 N–H and O–H groups in total. The van der Waals surface area contributed by atoms with Gasteiger partial charge in [0.05, 0.1) is 11.5 Å². The summed E-state index contributed by atoms with van der Waals surface area (Å²) in [6.45, 7) is 0.0360. The molecule has 1 aliphatic heterocycles. The molecule has 0 unspecified atom stereocenters. The van der Waals surface area contributed by atoms with Crippen LogP contribution < -0.4 is 4.74 Å². The predicted octanol–water partition coefficient (Wildman–Crippen LogP) is 4.69. The minimum Gasteiger partial charge on any atom is -0.467 e. The van der Waals surface area contributed by atoms with E-state index in [-0.39, 0.29) is 31.5 Å². The molecule has 0 aliphatic carbocycles. The highest BCUT2D eigenvalue weighted by molar-refractivity contribution is 7.17. The van der Waals surface area contributed by atoms with E-state index in [1.807, 2.05) is 0 Å². The molecule has 0 radical (unpaired) electrons. The van der Waals surface area contributed by atoms with Crippen molar-refractivity contribution in [3.8, 4) is 16.2 Å². The number of halogens is 1. The average Bonchev–Trinajstić information content (AvgIpc) is 3.22. The Morgan fingerprint density at radius 1 is 1.21 bits per heavy atom. The largest absolute Gasteiger partial charge is 0.467 e. The van der Waals surface area contributed by atoms with Gasteiger partial charge in [-0.3, -0.25) is 10.1 Å². The lowest BCUT2D eigenvalue weighted by molar-refractivity contribution is -0.385. The lowest BCUT2D eigenvalue weighted by Crippen LogP contribution is -2.14. The molecule has 0 saturated carbocycles. The Hall–Kier alpha value is -3.30. The normalized spacial score (nSPS) is 12.7. The number of hydrogen-bond acceptors (Lipinski definition) is 7. The Morgan fingerprint density at radius 2 is 2.00 bits per heavy atom. The first-order valence-corrected chi connectivity index (χ1v) is 9.36. The number of esters is 1. The van der Waals surface area contributed by atoms with Gasteiger partial charge in [-0.25, -0.2) is 9.18 Å². The van der Waals surface area contributed by atoms with Gasteiger partial charge in [0, 0.05) is 28.1 Å². The van der Waals surface area contributed by atoms with Crippen molar-refractivity contribution in [1.29, 1.82) is 0 Å². The molecule has 0 amide bonds. The monoisotopic (exact) mass is 415 g/mol. The van der Waals surface area contributed by atoms with E-state index in [9.17, 15) is 19.3 Å². The van der Waals surface area contributed by atoms with Crippen LogP contribution >= 0.6 is 11.3 Å². The number of fused-ring (bicyclic) bond motifs is 1. The van der Waals surface area contributed by atoms with E-state index in [1.54, 1.807) is 24.3 Å². The van der Waals surface area contributed by atoms with E-state index >= 15 is 0 Å². The van der Waals surface area contributed by atoms with Crippen molar-refractivity contribution in [2.24, 2.45) is 0 Å². The smallest absolute Gasteiger partial charge is 0.348 e. The third-order valence-electron chi connectivity index (χ3n) is 4.28. The van der Waals surface area contributed by atoms with Crippen LogP contribution in [0, 0.1) is 15.9 Å². The number of nitro benzene ring substituents is 1. The number of hydrogen-bond donors (Lipinski definition) is 0. The molecular formula is C20H14FNO6S. The van der Waals surface area contributed by atoms with Crippen molar-refractivity contribution in [1.82, 2.24) is 0 Å². The summed E-state index contributed by atoms with van der Waals surface area (Å²) < 4.78 is 29.0. The quantitative estimate of drug-likeness (QED) is 0.341. The van der Waals surface area contributed by atoms with Gasteiger partial charge >= 0.3 is 5.97 Å². The van der Waals surface area contributed by atoms with Crippen molar-refractivity contribution in [2.45, 2.75) is 13.2 Å². The number of ether oxygens (including phenoxy) is 3. The molecule has 3 aromatic rings. The number of nitro groups is 1. The van der Waals surface area contributed by atoms with Gasteiger partial charge in [-0.1, -0.05) is 12.1 Å². The summed E-state index contributed by atoms with van der Waals surface area (Å²) in [4.78, 5) is 24.2. The maximum absolute atomic E-state index is 13.1. The maximum Gasteiger partial charge on any atom is 0.348 e. The van der Waals surface area contributed by atoms with E-state index in [0.717, 1.165) is 10.4 Å². The van der Waals surface area contributed by atoms with Gasteiger partial charge in [0.25, 0.3) is 5.69 Å². The van der Waals surface area contributed by atoms with Crippen LogP contribution in [0.5, 0.6) is 5.75 Å². The van der Waals surface area contributed by atoms with Crippen molar-refractivity contribution >= 4 is 23.0 Å². The number of carbonyl (C=O) groups excluding carboxylic acids is 1. The van der Waals surface area contributed by atoms with Crippen LogP contribution in [0.1, 0.15) is 20.8 Å². The third kappa shape index (κ3) is 4.10.